The van der Waals surface area contributed by atoms with Crippen molar-refractivity contribution in [3.63, 3.8) is 0 Å². The van der Waals surface area contributed by atoms with E-state index in [0.717, 1.165) is 17.7 Å². The topological polar surface area (TPSA) is 73.5 Å². The summed E-state index contributed by atoms with van der Waals surface area (Å²) < 4.78 is 9.24. The van der Waals surface area contributed by atoms with Crippen LogP contribution < -0.4 is 4.74 Å². The number of carboxylic acids is 1. The Kier molecular flexibility index (Phi) is 4.22. The molecule has 1 aliphatic rings. The molecule has 0 fully saturated rings. The first-order chi connectivity index (χ1) is 11.5. The lowest BCUT2D eigenvalue weighted by molar-refractivity contribution is -0.138. The Bertz CT molecular complexity index is 800. The highest BCUT2D eigenvalue weighted by atomic mass is 16.5. The Morgan fingerprint density at radius 2 is 2.12 bits per heavy atom. The summed E-state index contributed by atoms with van der Waals surface area (Å²) in [4.78, 5) is 24.4. The quantitative estimate of drug-likeness (QED) is 0.827. The van der Waals surface area contributed by atoms with Gasteiger partial charge in [-0.1, -0.05) is 6.92 Å². The number of carboxylic acid groups (broad SMARTS) is 1. The molecule has 128 valence electrons. The van der Waals surface area contributed by atoms with Crippen LogP contribution in [0, 0.1) is 6.92 Å². The van der Waals surface area contributed by atoms with Crippen LogP contribution in [0.15, 0.2) is 18.2 Å². The van der Waals surface area contributed by atoms with Crippen LogP contribution in [0.4, 0.5) is 0 Å². The van der Waals surface area contributed by atoms with Gasteiger partial charge < -0.3 is 19.0 Å². The lowest BCUT2D eigenvalue weighted by atomic mass is 10.0. The van der Waals surface area contributed by atoms with E-state index in [4.69, 9.17) is 4.74 Å². The Morgan fingerprint density at radius 1 is 1.38 bits per heavy atom. The number of aryl methyl sites for hydroxylation is 1. The number of nitrogens with zero attached hydrogens (tertiary/aromatic N) is 2. The molecule has 0 saturated heterocycles. The Labute approximate surface area is 140 Å². The highest BCUT2D eigenvalue weighted by Gasteiger charge is 2.33. The van der Waals surface area contributed by atoms with E-state index in [-0.39, 0.29) is 5.78 Å². The summed E-state index contributed by atoms with van der Waals surface area (Å²) in [6, 6.07) is 5.39. The Balaban J connectivity index is 1.96. The number of ketones is 1. The first-order valence-corrected chi connectivity index (χ1v) is 8.21. The summed E-state index contributed by atoms with van der Waals surface area (Å²) >= 11 is 0. The van der Waals surface area contributed by atoms with Crippen molar-refractivity contribution in [1.82, 2.24) is 9.13 Å². The summed E-state index contributed by atoms with van der Waals surface area (Å²) in [5, 5.41) is 9.33. The predicted octanol–water partition coefficient (Wildman–Crippen LogP) is 2.73. The smallest absolute Gasteiger partial charge is 0.312 e. The van der Waals surface area contributed by atoms with E-state index in [9.17, 15) is 14.7 Å². The number of hydrogen-bond acceptors (Lipinski definition) is 3. The second-order valence-electron chi connectivity index (χ2n) is 6.23. The van der Waals surface area contributed by atoms with E-state index in [2.05, 4.69) is 0 Å². The van der Waals surface area contributed by atoms with Gasteiger partial charge in [-0.3, -0.25) is 9.59 Å². The van der Waals surface area contributed by atoms with Crippen molar-refractivity contribution in [1.29, 1.82) is 0 Å². The summed E-state index contributed by atoms with van der Waals surface area (Å²) in [5.74, 6) is -0.797. The van der Waals surface area contributed by atoms with Crippen LogP contribution in [-0.2, 0) is 18.4 Å². The minimum absolute atomic E-state index is 0.0985. The second-order valence-corrected chi connectivity index (χ2v) is 6.23. The lowest BCUT2D eigenvalue weighted by Crippen LogP contribution is -2.14. The van der Waals surface area contributed by atoms with Crippen LogP contribution in [0.3, 0.4) is 0 Å². The zero-order valence-corrected chi connectivity index (χ0v) is 14.2. The van der Waals surface area contributed by atoms with E-state index < -0.39 is 11.9 Å². The minimum atomic E-state index is -0.834. The van der Waals surface area contributed by atoms with Gasteiger partial charge >= 0.3 is 5.97 Å². The molecule has 0 saturated carbocycles. The molecule has 0 bridgehead atoms. The van der Waals surface area contributed by atoms with Crippen LogP contribution in [-0.4, -0.2) is 32.6 Å². The lowest BCUT2D eigenvalue weighted by Gasteiger charge is -2.10. The molecule has 1 aliphatic heterocycles. The van der Waals surface area contributed by atoms with E-state index in [1.807, 2.05) is 24.5 Å². The summed E-state index contributed by atoms with van der Waals surface area (Å²) in [6.45, 7) is 5.05. The van der Waals surface area contributed by atoms with Crippen LogP contribution in [0.25, 0.3) is 0 Å². The number of carbonyl (C=O) groups is 2. The largest absolute Gasteiger partial charge is 0.481 e. The summed E-state index contributed by atoms with van der Waals surface area (Å²) in [7, 11) is 1.81. The van der Waals surface area contributed by atoms with Crippen molar-refractivity contribution in [2.75, 3.05) is 6.61 Å². The maximum atomic E-state index is 13.0. The molecular formula is C18H22N2O4. The molecule has 1 unspecified atom stereocenters. The maximum Gasteiger partial charge on any atom is 0.312 e. The molecule has 0 radical (unpaired) electrons. The molecule has 3 rings (SSSR count). The van der Waals surface area contributed by atoms with Gasteiger partial charge in [0.1, 0.15) is 0 Å². The SMILES string of the molecule is CCCOc1ccc(C(=O)c2c(C)cc3n2CCC3C(=O)O)n1C. The average molecular weight is 330 g/mol. The van der Waals surface area contributed by atoms with Gasteiger partial charge in [0.05, 0.1) is 23.9 Å². The molecule has 2 aromatic heterocycles. The highest BCUT2D eigenvalue weighted by molar-refractivity contribution is 6.08. The first-order valence-electron chi connectivity index (χ1n) is 8.21. The zero-order valence-electron chi connectivity index (χ0n) is 14.2. The summed E-state index contributed by atoms with van der Waals surface area (Å²) in [5.41, 5.74) is 2.67. The van der Waals surface area contributed by atoms with Gasteiger partial charge in [0.25, 0.3) is 0 Å². The fourth-order valence-electron chi connectivity index (χ4n) is 3.39. The van der Waals surface area contributed by atoms with Gasteiger partial charge in [0.2, 0.25) is 5.78 Å². The van der Waals surface area contributed by atoms with Crippen LogP contribution in [0.2, 0.25) is 0 Å². The van der Waals surface area contributed by atoms with E-state index >= 15 is 0 Å². The molecule has 2 aromatic rings. The zero-order chi connectivity index (χ0) is 17.4. The first kappa shape index (κ1) is 16.4. The van der Waals surface area contributed by atoms with E-state index in [1.165, 1.54) is 0 Å². The van der Waals surface area contributed by atoms with Gasteiger partial charge in [0, 0.05) is 25.4 Å². The number of hydrogen-bond donors (Lipinski definition) is 1. The minimum Gasteiger partial charge on any atom is -0.481 e. The molecule has 1 N–H and O–H groups in total. The van der Waals surface area contributed by atoms with Crippen LogP contribution in [0.1, 0.15) is 53.1 Å². The van der Waals surface area contributed by atoms with Crippen molar-refractivity contribution in [3.8, 4) is 5.88 Å². The fraction of sp³-hybridized carbons (Fsp3) is 0.444. The van der Waals surface area contributed by atoms with Crippen molar-refractivity contribution < 1.29 is 19.4 Å². The third kappa shape index (κ3) is 2.52. The van der Waals surface area contributed by atoms with Crippen molar-refractivity contribution in [2.45, 2.75) is 39.2 Å². The van der Waals surface area contributed by atoms with E-state index in [0.29, 0.717) is 36.8 Å². The average Bonchev–Trinajstić information content (AvgIpc) is 3.17. The second kappa shape index (κ2) is 6.19. The molecule has 1 atom stereocenters. The van der Waals surface area contributed by atoms with Crippen LogP contribution >= 0.6 is 0 Å². The predicted molar refractivity (Wildman–Crippen MR) is 88.8 cm³/mol. The van der Waals surface area contributed by atoms with Gasteiger partial charge in [-0.2, -0.15) is 0 Å². The third-order valence-corrected chi connectivity index (χ3v) is 4.59. The number of rotatable bonds is 6. The monoisotopic (exact) mass is 330 g/mol. The normalized spacial score (nSPS) is 16.2. The molecule has 6 nitrogen and oxygen atoms in total. The number of aromatic nitrogens is 2. The van der Waals surface area contributed by atoms with Gasteiger partial charge in [-0.15, -0.1) is 0 Å². The van der Waals surface area contributed by atoms with Gasteiger partial charge in [-0.25, -0.2) is 0 Å². The molecule has 0 aliphatic carbocycles. The number of aliphatic carboxylic acids is 1. The third-order valence-electron chi connectivity index (χ3n) is 4.59. The van der Waals surface area contributed by atoms with Gasteiger partial charge in [-0.05, 0) is 37.5 Å². The number of fused-ring (bicyclic) bond motifs is 1. The van der Waals surface area contributed by atoms with Crippen molar-refractivity contribution >= 4 is 11.8 Å². The highest BCUT2D eigenvalue weighted by Crippen LogP contribution is 2.34. The fourth-order valence-corrected chi connectivity index (χ4v) is 3.39. The Morgan fingerprint density at radius 3 is 2.79 bits per heavy atom. The molecule has 0 amide bonds. The summed E-state index contributed by atoms with van der Waals surface area (Å²) in [6.07, 6.45) is 1.43. The van der Waals surface area contributed by atoms with Crippen LogP contribution in [0.5, 0.6) is 5.88 Å². The standard InChI is InChI=1S/C18H22N2O4/c1-4-9-24-15-6-5-13(19(15)3)17(21)16-11(2)10-14-12(18(22)23)7-8-20(14)16/h5-6,10,12H,4,7-9H2,1-3H3,(H,22,23). The van der Waals surface area contributed by atoms with Crippen molar-refractivity contribution in [3.05, 3.63) is 40.8 Å². The van der Waals surface area contributed by atoms with E-state index in [1.54, 1.807) is 23.7 Å². The molecule has 0 aromatic carbocycles. The molecule has 6 heteroatoms. The van der Waals surface area contributed by atoms with Gasteiger partial charge in [0.15, 0.2) is 5.88 Å². The Hall–Kier alpha value is -2.50. The number of carbonyl (C=O) groups excluding carboxylic acids is 1. The maximum absolute atomic E-state index is 13.0. The molecular weight excluding hydrogens is 308 g/mol. The molecule has 3 heterocycles. The molecule has 0 spiro atoms. The molecule has 24 heavy (non-hydrogen) atoms. The number of ether oxygens (including phenoxy) is 1. The van der Waals surface area contributed by atoms with Crippen molar-refractivity contribution in [2.24, 2.45) is 7.05 Å².